The van der Waals surface area contributed by atoms with Crippen molar-refractivity contribution in [1.82, 2.24) is 14.9 Å². The zero-order chi connectivity index (χ0) is 11.4. The maximum atomic E-state index is 10.9. The van der Waals surface area contributed by atoms with Crippen molar-refractivity contribution in [3.63, 3.8) is 0 Å². The minimum atomic E-state index is -1.02. The largest absolute Gasteiger partial charge is 0.478 e. The summed E-state index contributed by atoms with van der Waals surface area (Å²) >= 11 is 0. The number of aryl methyl sites for hydroxylation is 1. The Morgan fingerprint density at radius 2 is 2.20 bits per heavy atom. The molecule has 0 saturated carbocycles. The van der Waals surface area contributed by atoms with Gasteiger partial charge in [-0.3, -0.25) is 0 Å². The van der Waals surface area contributed by atoms with Crippen LogP contribution < -0.4 is 0 Å². The lowest BCUT2D eigenvalue weighted by molar-refractivity contribution is 0.0695. The highest BCUT2D eigenvalue weighted by atomic mass is 16.4. The fourth-order valence-corrected chi connectivity index (χ4v) is 0.999. The lowest BCUT2D eigenvalue weighted by Gasteiger charge is -2.04. The van der Waals surface area contributed by atoms with E-state index in [4.69, 9.17) is 5.11 Å². The van der Waals surface area contributed by atoms with Gasteiger partial charge in [-0.2, -0.15) is 0 Å². The second-order valence-corrected chi connectivity index (χ2v) is 3.30. The van der Waals surface area contributed by atoms with E-state index in [0.29, 0.717) is 11.5 Å². The first-order valence-corrected chi connectivity index (χ1v) is 4.42. The summed E-state index contributed by atoms with van der Waals surface area (Å²) in [7, 11) is 3.70. The highest BCUT2D eigenvalue weighted by Crippen LogP contribution is 2.07. The van der Waals surface area contributed by atoms with Crippen LogP contribution in [0.15, 0.2) is 12.4 Å². The number of carbonyl (C=O) groups is 1. The first-order valence-electron chi connectivity index (χ1n) is 4.42. The molecular formula is C10H13N3O2. The summed E-state index contributed by atoms with van der Waals surface area (Å²) in [6.45, 7) is 1.72. The van der Waals surface area contributed by atoms with Crippen molar-refractivity contribution >= 4 is 12.0 Å². The van der Waals surface area contributed by atoms with E-state index < -0.39 is 5.97 Å². The molecule has 5 heteroatoms. The lowest BCUT2D eigenvalue weighted by atomic mass is 10.2. The first-order chi connectivity index (χ1) is 7.00. The maximum Gasteiger partial charge on any atom is 0.339 e. The molecule has 0 saturated heterocycles. The highest BCUT2D eigenvalue weighted by Gasteiger charge is 2.09. The molecule has 1 aromatic rings. The third kappa shape index (κ3) is 3.05. The van der Waals surface area contributed by atoms with Crippen molar-refractivity contribution in [2.75, 3.05) is 14.1 Å². The first kappa shape index (κ1) is 11.2. The van der Waals surface area contributed by atoms with Gasteiger partial charge in [0.25, 0.3) is 0 Å². The van der Waals surface area contributed by atoms with Crippen LogP contribution in [-0.2, 0) is 0 Å². The summed E-state index contributed by atoms with van der Waals surface area (Å²) in [6, 6.07) is 0. The molecule has 0 spiro atoms. The topological polar surface area (TPSA) is 66.3 Å². The van der Waals surface area contributed by atoms with Crippen LogP contribution in [-0.4, -0.2) is 40.0 Å². The molecule has 0 amide bonds. The molecule has 1 N–H and O–H groups in total. The third-order valence-electron chi connectivity index (χ3n) is 1.70. The molecule has 1 heterocycles. The quantitative estimate of drug-likeness (QED) is 0.801. The van der Waals surface area contributed by atoms with E-state index in [0.717, 1.165) is 0 Å². The van der Waals surface area contributed by atoms with Crippen LogP contribution in [0.1, 0.15) is 21.9 Å². The number of rotatable bonds is 3. The molecule has 0 bridgehead atoms. The summed E-state index contributed by atoms with van der Waals surface area (Å²) in [4.78, 5) is 20.6. The van der Waals surface area contributed by atoms with Crippen LogP contribution in [0.4, 0.5) is 0 Å². The van der Waals surface area contributed by atoms with Crippen LogP contribution in [0.5, 0.6) is 0 Å². The summed E-state index contributed by atoms with van der Waals surface area (Å²) in [5, 5.41) is 8.89. The van der Waals surface area contributed by atoms with Crippen molar-refractivity contribution in [2.24, 2.45) is 0 Å². The van der Waals surface area contributed by atoms with Crippen LogP contribution in [0.3, 0.4) is 0 Å². The lowest BCUT2D eigenvalue weighted by Crippen LogP contribution is -2.06. The van der Waals surface area contributed by atoms with Crippen molar-refractivity contribution in [3.05, 3.63) is 29.5 Å². The molecule has 80 valence electrons. The minimum Gasteiger partial charge on any atom is -0.478 e. The van der Waals surface area contributed by atoms with Gasteiger partial charge in [-0.05, 0) is 13.0 Å². The SMILES string of the molecule is Cc1ncc(C(=O)O)c(C=CN(C)C)n1. The Hall–Kier alpha value is -1.91. The molecular weight excluding hydrogens is 194 g/mol. The summed E-state index contributed by atoms with van der Waals surface area (Å²) < 4.78 is 0. The van der Waals surface area contributed by atoms with Gasteiger partial charge in [-0.1, -0.05) is 0 Å². The zero-order valence-electron chi connectivity index (χ0n) is 8.93. The van der Waals surface area contributed by atoms with Crippen molar-refractivity contribution < 1.29 is 9.90 Å². The van der Waals surface area contributed by atoms with Crippen LogP contribution >= 0.6 is 0 Å². The monoisotopic (exact) mass is 207 g/mol. The molecule has 0 fully saturated rings. The van der Waals surface area contributed by atoms with Gasteiger partial charge >= 0.3 is 5.97 Å². The number of nitrogens with zero attached hydrogens (tertiary/aromatic N) is 3. The smallest absolute Gasteiger partial charge is 0.339 e. The molecule has 0 radical (unpaired) electrons. The van der Waals surface area contributed by atoms with Crippen molar-refractivity contribution in [2.45, 2.75) is 6.92 Å². The van der Waals surface area contributed by atoms with Gasteiger partial charge in [0, 0.05) is 26.5 Å². The van der Waals surface area contributed by atoms with Crippen molar-refractivity contribution in [3.8, 4) is 0 Å². The van der Waals surface area contributed by atoms with Gasteiger partial charge in [-0.25, -0.2) is 14.8 Å². The van der Waals surface area contributed by atoms with E-state index in [9.17, 15) is 4.79 Å². The number of hydrogen-bond donors (Lipinski definition) is 1. The fraction of sp³-hybridized carbons (Fsp3) is 0.300. The summed E-state index contributed by atoms with van der Waals surface area (Å²) in [6.07, 6.45) is 4.71. The number of aromatic nitrogens is 2. The number of hydrogen-bond acceptors (Lipinski definition) is 4. The molecule has 0 aliphatic carbocycles. The molecule has 5 nitrogen and oxygen atoms in total. The average Bonchev–Trinajstić information content (AvgIpc) is 2.14. The Balaban J connectivity index is 3.13. The Labute approximate surface area is 88.1 Å². The second-order valence-electron chi connectivity index (χ2n) is 3.30. The van der Waals surface area contributed by atoms with E-state index in [1.165, 1.54) is 6.20 Å². The Bertz CT molecular complexity index is 400. The Morgan fingerprint density at radius 1 is 1.53 bits per heavy atom. The van der Waals surface area contributed by atoms with E-state index in [1.807, 2.05) is 19.0 Å². The molecule has 15 heavy (non-hydrogen) atoms. The molecule has 0 aromatic carbocycles. The normalized spacial score (nSPS) is 10.6. The number of carboxylic acid groups (broad SMARTS) is 1. The van der Waals surface area contributed by atoms with Crippen LogP contribution in [0.25, 0.3) is 6.08 Å². The average molecular weight is 207 g/mol. The second kappa shape index (κ2) is 4.54. The Kier molecular flexibility index (Phi) is 3.38. The molecule has 1 aromatic heterocycles. The van der Waals surface area contributed by atoms with Gasteiger partial charge in [0.1, 0.15) is 11.4 Å². The van der Waals surface area contributed by atoms with Gasteiger partial charge in [0.2, 0.25) is 0 Å². The van der Waals surface area contributed by atoms with Crippen LogP contribution in [0.2, 0.25) is 0 Å². The molecule has 0 aliphatic rings. The highest BCUT2D eigenvalue weighted by molar-refractivity contribution is 5.90. The summed E-state index contributed by atoms with van der Waals surface area (Å²) in [5.41, 5.74) is 0.530. The predicted molar refractivity (Wildman–Crippen MR) is 56.4 cm³/mol. The fourth-order valence-electron chi connectivity index (χ4n) is 0.999. The van der Waals surface area contributed by atoms with Crippen LogP contribution in [0, 0.1) is 6.92 Å². The molecule has 0 atom stereocenters. The van der Waals surface area contributed by atoms with E-state index in [2.05, 4.69) is 9.97 Å². The minimum absolute atomic E-state index is 0.110. The zero-order valence-corrected chi connectivity index (χ0v) is 8.93. The number of carboxylic acids is 1. The molecule has 1 rings (SSSR count). The van der Waals surface area contributed by atoms with Gasteiger partial charge in [0.15, 0.2) is 0 Å². The van der Waals surface area contributed by atoms with Gasteiger partial charge < -0.3 is 10.0 Å². The van der Waals surface area contributed by atoms with Crippen molar-refractivity contribution in [1.29, 1.82) is 0 Å². The predicted octanol–water partition coefficient (Wildman–Crippen LogP) is 1.02. The van der Waals surface area contributed by atoms with E-state index in [-0.39, 0.29) is 5.56 Å². The maximum absolute atomic E-state index is 10.9. The Morgan fingerprint density at radius 3 is 2.73 bits per heavy atom. The van der Waals surface area contributed by atoms with Gasteiger partial charge in [-0.15, -0.1) is 0 Å². The van der Waals surface area contributed by atoms with E-state index >= 15 is 0 Å². The molecule has 0 unspecified atom stereocenters. The van der Waals surface area contributed by atoms with E-state index in [1.54, 1.807) is 19.2 Å². The van der Waals surface area contributed by atoms with Gasteiger partial charge in [0.05, 0.1) is 5.69 Å². The standard InChI is InChI=1S/C10H13N3O2/c1-7-11-6-8(10(14)15)9(12-7)4-5-13(2)3/h4-6H,1-3H3,(H,14,15). The number of aromatic carboxylic acids is 1. The molecule has 0 aliphatic heterocycles. The summed E-state index contributed by atoms with van der Waals surface area (Å²) in [5.74, 6) is -0.466. The third-order valence-corrected chi connectivity index (χ3v) is 1.70.